The number of aryl methyl sites for hydroxylation is 1. The minimum Gasteiger partial charge on any atom is -0.300 e. The van der Waals surface area contributed by atoms with E-state index in [1.807, 2.05) is 29.8 Å². The summed E-state index contributed by atoms with van der Waals surface area (Å²) >= 11 is 2.88. The normalized spacial score (nSPS) is 12.1. The van der Waals surface area contributed by atoms with Crippen LogP contribution in [0, 0.1) is 6.92 Å². The number of thiazole rings is 1. The van der Waals surface area contributed by atoms with Crippen molar-refractivity contribution in [2.24, 2.45) is 0 Å². The molecule has 0 spiro atoms. The molecule has 0 saturated heterocycles. The van der Waals surface area contributed by atoms with Gasteiger partial charge in [0.15, 0.2) is 5.13 Å². The van der Waals surface area contributed by atoms with Crippen LogP contribution in [0.4, 0.5) is 5.13 Å². The standard InChI is InChI=1S/C15H14N4O2S2/c1-9-8-23-15(16-9)17-14(21)10(2)19-13(20)6-5-11(18-19)12-4-3-7-22-12/h3-8,10H,1-2H3,(H,16,17,21). The second-order valence-corrected chi connectivity index (χ2v) is 6.74. The van der Waals surface area contributed by atoms with Gasteiger partial charge in [0.05, 0.1) is 10.6 Å². The summed E-state index contributed by atoms with van der Waals surface area (Å²) < 4.78 is 1.20. The van der Waals surface area contributed by atoms with Crippen LogP contribution in [-0.4, -0.2) is 20.7 Å². The van der Waals surface area contributed by atoms with Gasteiger partial charge in [-0.25, -0.2) is 9.67 Å². The number of thiophene rings is 1. The fraction of sp³-hybridized carbons (Fsp3) is 0.200. The molecule has 0 saturated carbocycles. The Labute approximate surface area is 140 Å². The van der Waals surface area contributed by atoms with Crippen molar-refractivity contribution in [1.29, 1.82) is 0 Å². The van der Waals surface area contributed by atoms with Crippen LogP contribution in [0.15, 0.2) is 39.8 Å². The number of rotatable bonds is 4. The molecule has 0 fully saturated rings. The Hall–Kier alpha value is -2.32. The average molecular weight is 346 g/mol. The zero-order chi connectivity index (χ0) is 16.4. The number of hydrogen-bond donors (Lipinski definition) is 1. The lowest BCUT2D eigenvalue weighted by Gasteiger charge is -2.13. The summed E-state index contributed by atoms with van der Waals surface area (Å²) in [6.07, 6.45) is 0. The Kier molecular flexibility index (Phi) is 4.35. The Morgan fingerprint density at radius 1 is 1.30 bits per heavy atom. The van der Waals surface area contributed by atoms with Gasteiger partial charge in [-0.3, -0.25) is 9.59 Å². The lowest BCUT2D eigenvalue weighted by Crippen LogP contribution is -2.33. The van der Waals surface area contributed by atoms with Crippen LogP contribution < -0.4 is 10.9 Å². The van der Waals surface area contributed by atoms with Crippen LogP contribution in [0.3, 0.4) is 0 Å². The van der Waals surface area contributed by atoms with Crippen molar-refractivity contribution in [3.63, 3.8) is 0 Å². The summed E-state index contributed by atoms with van der Waals surface area (Å²) in [5, 5.41) is 11.3. The van der Waals surface area contributed by atoms with Crippen molar-refractivity contribution in [1.82, 2.24) is 14.8 Å². The lowest BCUT2D eigenvalue weighted by molar-refractivity contribution is -0.119. The molecule has 1 unspecified atom stereocenters. The van der Waals surface area contributed by atoms with Crippen molar-refractivity contribution in [3.8, 4) is 10.6 Å². The van der Waals surface area contributed by atoms with Gasteiger partial charge in [0.2, 0.25) is 0 Å². The van der Waals surface area contributed by atoms with E-state index in [9.17, 15) is 9.59 Å². The molecule has 1 atom stereocenters. The number of anilines is 1. The highest BCUT2D eigenvalue weighted by Gasteiger charge is 2.19. The molecule has 0 bridgehead atoms. The predicted molar refractivity (Wildman–Crippen MR) is 92.0 cm³/mol. The first kappa shape index (κ1) is 15.6. The first-order valence-corrected chi connectivity index (χ1v) is 8.67. The topological polar surface area (TPSA) is 76.9 Å². The highest BCUT2D eigenvalue weighted by atomic mass is 32.1. The third-order valence-electron chi connectivity index (χ3n) is 3.19. The third-order valence-corrected chi connectivity index (χ3v) is 4.96. The van der Waals surface area contributed by atoms with E-state index in [0.717, 1.165) is 10.6 Å². The summed E-state index contributed by atoms with van der Waals surface area (Å²) in [5.74, 6) is -0.322. The van der Waals surface area contributed by atoms with E-state index in [2.05, 4.69) is 15.4 Å². The molecule has 0 aliphatic rings. The van der Waals surface area contributed by atoms with Crippen LogP contribution in [0.5, 0.6) is 0 Å². The maximum Gasteiger partial charge on any atom is 0.267 e. The van der Waals surface area contributed by atoms with E-state index in [4.69, 9.17) is 0 Å². The van der Waals surface area contributed by atoms with E-state index in [-0.39, 0.29) is 11.5 Å². The van der Waals surface area contributed by atoms with Crippen LogP contribution in [0.1, 0.15) is 18.7 Å². The second kappa shape index (κ2) is 6.43. The van der Waals surface area contributed by atoms with Crippen molar-refractivity contribution in [3.05, 3.63) is 51.1 Å². The molecular weight excluding hydrogens is 332 g/mol. The predicted octanol–water partition coefficient (Wildman–Crippen LogP) is 2.94. The van der Waals surface area contributed by atoms with Crippen molar-refractivity contribution in [2.45, 2.75) is 19.9 Å². The number of hydrogen-bond acceptors (Lipinski definition) is 6. The first-order chi connectivity index (χ1) is 11.0. The molecule has 6 nitrogen and oxygen atoms in total. The number of nitrogens with zero attached hydrogens (tertiary/aromatic N) is 3. The monoisotopic (exact) mass is 346 g/mol. The maximum atomic E-state index is 12.3. The summed E-state index contributed by atoms with van der Waals surface area (Å²) in [6, 6.07) is 6.20. The van der Waals surface area contributed by atoms with Gasteiger partial charge < -0.3 is 5.32 Å². The van der Waals surface area contributed by atoms with Gasteiger partial charge in [0.1, 0.15) is 11.7 Å². The third kappa shape index (κ3) is 3.38. The molecule has 23 heavy (non-hydrogen) atoms. The van der Waals surface area contributed by atoms with Crippen LogP contribution in [0.25, 0.3) is 10.6 Å². The summed E-state index contributed by atoms with van der Waals surface area (Å²) in [7, 11) is 0. The van der Waals surface area contributed by atoms with Gasteiger partial charge in [0, 0.05) is 11.4 Å². The van der Waals surface area contributed by atoms with Gasteiger partial charge in [0.25, 0.3) is 11.5 Å². The van der Waals surface area contributed by atoms with Gasteiger partial charge in [-0.2, -0.15) is 5.10 Å². The van der Waals surface area contributed by atoms with E-state index in [0.29, 0.717) is 10.8 Å². The fourth-order valence-corrected chi connectivity index (χ4v) is 3.37. The Morgan fingerprint density at radius 3 is 2.78 bits per heavy atom. The molecule has 3 aromatic heterocycles. The minimum absolute atomic E-state index is 0.316. The Bertz CT molecular complexity index is 883. The molecule has 0 aliphatic heterocycles. The summed E-state index contributed by atoms with van der Waals surface area (Å²) in [4.78, 5) is 29.5. The molecular formula is C15H14N4O2S2. The first-order valence-electron chi connectivity index (χ1n) is 6.91. The Morgan fingerprint density at radius 2 is 2.13 bits per heavy atom. The number of carbonyl (C=O) groups excluding carboxylic acids is 1. The number of nitrogens with one attached hydrogen (secondary N) is 1. The zero-order valence-electron chi connectivity index (χ0n) is 12.5. The molecule has 0 radical (unpaired) electrons. The number of aromatic nitrogens is 3. The van der Waals surface area contributed by atoms with Gasteiger partial charge in [-0.05, 0) is 31.4 Å². The molecule has 0 aliphatic carbocycles. The van der Waals surface area contributed by atoms with E-state index in [1.54, 1.807) is 13.0 Å². The van der Waals surface area contributed by atoms with Crippen molar-refractivity contribution < 1.29 is 4.79 Å². The summed E-state index contributed by atoms with van der Waals surface area (Å²) in [6.45, 7) is 3.49. The highest BCUT2D eigenvalue weighted by Crippen LogP contribution is 2.22. The fourth-order valence-electron chi connectivity index (χ4n) is 1.99. The van der Waals surface area contributed by atoms with Gasteiger partial charge in [-0.15, -0.1) is 22.7 Å². The molecule has 3 aromatic rings. The molecule has 118 valence electrons. The molecule has 8 heteroatoms. The van der Waals surface area contributed by atoms with E-state index >= 15 is 0 Å². The average Bonchev–Trinajstić information content (AvgIpc) is 3.19. The van der Waals surface area contributed by atoms with Crippen LogP contribution in [0.2, 0.25) is 0 Å². The van der Waals surface area contributed by atoms with Crippen LogP contribution in [-0.2, 0) is 4.79 Å². The number of amides is 1. The SMILES string of the molecule is Cc1csc(NC(=O)C(C)n2nc(-c3cccs3)ccc2=O)n1. The number of carbonyl (C=O) groups is 1. The minimum atomic E-state index is -0.730. The smallest absolute Gasteiger partial charge is 0.267 e. The quantitative estimate of drug-likeness (QED) is 0.788. The van der Waals surface area contributed by atoms with E-state index < -0.39 is 6.04 Å². The molecule has 3 heterocycles. The Balaban J connectivity index is 1.86. The maximum absolute atomic E-state index is 12.3. The molecule has 1 N–H and O–H groups in total. The second-order valence-electron chi connectivity index (χ2n) is 4.94. The zero-order valence-corrected chi connectivity index (χ0v) is 14.1. The van der Waals surface area contributed by atoms with Crippen molar-refractivity contribution >= 4 is 33.7 Å². The van der Waals surface area contributed by atoms with Gasteiger partial charge >= 0.3 is 0 Å². The van der Waals surface area contributed by atoms with E-state index in [1.165, 1.54) is 33.4 Å². The molecule has 3 rings (SSSR count). The lowest BCUT2D eigenvalue weighted by atomic mass is 10.3. The highest BCUT2D eigenvalue weighted by molar-refractivity contribution is 7.14. The van der Waals surface area contributed by atoms with Crippen LogP contribution >= 0.6 is 22.7 Å². The summed E-state index contributed by atoms with van der Waals surface area (Å²) in [5.41, 5.74) is 1.19. The molecule has 1 amide bonds. The van der Waals surface area contributed by atoms with Gasteiger partial charge in [-0.1, -0.05) is 6.07 Å². The molecule has 0 aromatic carbocycles. The largest absolute Gasteiger partial charge is 0.300 e. The van der Waals surface area contributed by atoms with Crippen molar-refractivity contribution in [2.75, 3.05) is 5.32 Å².